The Kier molecular flexibility index (Phi) is 4.97. The first-order valence-electron chi connectivity index (χ1n) is 8.47. The summed E-state index contributed by atoms with van der Waals surface area (Å²) in [5.74, 6) is 2.47. The molecule has 1 N–H and O–H groups in total. The van der Waals surface area contributed by atoms with E-state index in [0.717, 1.165) is 37.9 Å². The summed E-state index contributed by atoms with van der Waals surface area (Å²) in [5.41, 5.74) is 1.11. The molecule has 4 rings (SSSR count). The minimum Gasteiger partial charge on any atom is -0.493 e. The Labute approximate surface area is 138 Å². The van der Waals surface area contributed by atoms with Crippen LogP contribution in [0.2, 0.25) is 0 Å². The molecular weight excluding hydrogens is 294 g/mol. The third-order valence-electron chi connectivity index (χ3n) is 5.17. The van der Waals surface area contributed by atoms with E-state index in [1.807, 2.05) is 19.1 Å². The number of rotatable bonds is 6. The molecule has 2 unspecified atom stereocenters. The molecule has 0 spiro atoms. The van der Waals surface area contributed by atoms with Crippen LogP contribution >= 0.6 is 0 Å². The average Bonchev–Trinajstić information content (AvgIpc) is 2.59. The molecule has 3 fully saturated rings. The molecule has 3 heterocycles. The molecule has 128 valence electrons. The fraction of sp³-hybridized carbons (Fsp3) is 0.667. The molecule has 3 aliphatic rings. The second kappa shape index (κ2) is 6.97. The summed E-state index contributed by atoms with van der Waals surface area (Å²) in [4.78, 5) is 2.42. The lowest BCUT2D eigenvalue weighted by Crippen LogP contribution is -2.58. The van der Waals surface area contributed by atoms with Crippen molar-refractivity contribution >= 4 is 0 Å². The summed E-state index contributed by atoms with van der Waals surface area (Å²) in [5, 5.41) is 10.6. The summed E-state index contributed by atoms with van der Waals surface area (Å²) in [6.45, 7) is 4.69. The Morgan fingerprint density at radius 3 is 2.22 bits per heavy atom. The molecule has 5 nitrogen and oxygen atoms in total. The van der Waals surface area contributed by atoms with Crippen LogP contribution in [0.1, 0.15) is 25.3 Å². The monoisotopic (exact) mass is 321 g/mol. The zero-order valence-corrected chi connectivity index (χ0v) is 14.2. The second-order valence-corrected chi connectivity index (χ2v) is 6.40. The SMILES string of the molecule is CCOc1c(OC)cc(CC2C(O)C3CCN2CC3)cc1OC. The summed E-state index contributed by atoms with van der Waals surface area (Å²) >= 11 is 0. The van der Waals surface area contributed by atoms with Crippen LogP contribution in [0.5, 0.6) is 17.2 Å². The first-order valence-corrected chi connectivity index (χ1v) is 8.47. The van der Waals surface area contributed by atoms with Crippen LogP contribution in [0.15, 0.2) is 12.1 Å². The van der Waals surface area contributed by atoms with Gasteiger partial charge < -0.3 is 19.3 Å². The molecule has 2 atom stereocenters. The lowest BCUT2D eigenvalue weighted by Gasteiger charge is -2.49. The maximum atomic E-state index is 10.6. The number of methoxy groups -OCH3 is 2. The van der Waals surface area contributed by atoms with E-state index in [1.165, 1.54) is 0 Å². The van der Waals surface area contributed by atoms with Gasteiger partial charge in [-0.25, -0.2) is 0 Å². The van der Waals surface area contributed by atoms with Gasteiger partial charge in [-0.3, -0.25) is 4.90 Å². The molecule has 5 heteroatoms. The van der Waals surface area contributed by atoms with Crippen LogP contribution in [-0.2, 0) is 6.42 Å². The molecule has 0 amide bonds. The van der Waals surface area contributed by atoms with Crippen molar-refractivity contribution in [3.05, 3.63) is 17.7 Å². The maximum absolute atomic E-state index is 10.6. The van der Waals surface area contributed by atoms with E-state index in [1.54, 1.807) is 14.2 Å². The normalized spacial score (nSPS) is 29.4. The van der Waals surface area contributed by atoms with Crippen LogP contribution in [0.4, 0.5) is 0 Å². The molecule has 0 aliphatic carbocycles. The van der Waals surface area contributed by atoms with E-state index in [9.17, 15) is 5.11 Å². The number of aliphatic hydroxyl groups is 1. The van der Waals surface area contributed by atoms with Gasteiger partial charge in [-0.05, 0) is 62.9 Å². The van der Waals surface area contributed by atoms with Crippen molar-refractivity contribution in [3.8, 4) is 17.2 Å². The van der Waals surface area contributed by atoms with Gasteiger partial charge >= 0.3 is 0 Å². The average molecular weight is 321 g/mol. The Hall–Kier alpha value is -1.46. The van der Waals surface area contributed by atoms with Gasteiger partial charge in [0.05, 0.1) is 26.9 Å². The highest BCUT2D eigenvalue weighted by atomic mass is 16.5. The number of ether oxygens (including phenoxy) is 3. The quantitative estimate of drug-likeness (QED) is 0.869. The van der Waals surface area contributed by atoms with Crippen LogP contribution in [0, 0.1) is 5.92 Å². The lowest BCUT2D eigenvalue weighted by atomic mass is 9.78. The van der Waals surface area contributed by atoms with E-state index < -0.39 is 0 Å². The van der Waals surface area contributed by atoms with Gasteiger partial charge in [0.1, 0.15) is 0 Å². The second-order valence-electron chi connectivity index (χ2n) is 6.40. The molecule has 0 aromatic heterocycles. The highest BCUT2D eigenvalue weighted by Crippen LogP contribution is 2.40. The molecule has 2 bridgehead atoms. The number of fused-ring (bicyclic) bond motifs is 3. The number of benzene rings is 1. The zero-order chi connectivity index (χ0) is 16.4. The van der Waals surface area contributed by atoms with Crippen molar-refractivity contribution in [2.75, 3.05) is 33.9 Å². The Balaban J connectivity index is 1.85. The molecule has 3 saturated heterocycles. The summed E-state index contributed by atoms with van der Waals surface area (Å²) < 4.78 is 16.6. The molecule has 23 heavy (non-hydrogen) atoms. The van der Waals surface area contributed by atoms with Gasteiger partial charge in [0.2, 0.25) is 5.75 Å². The fourth-order valence-corrected chi connectivity index (χ4v) is 3.95. The summed E-state index contributed by atoms with van der Waals surface area (Å²) in [7, 11) is 3.28. The van der Waals surface area contributed by atoms with E-state index >= 15 is 0 Å². The number of aliphatic hydroxyl groups excluding tert-OH is 1. The van der Waals surface area contributed by atoms with Crippen molar-refractivity contribution < 1.29 is 19.3 Å². The number of hydrogen-bond donors (Lipinski definition) is 1. The standard InChI is InChI=1S/C18H27NO4/c1-4-23-18-15(21-2)10-12(11-16(18)22-3)9-14-17(20)13-5-7-19(14)8-6-13/h10-11,13-14,17,20H,4-9H2,1-3H3. The number of nitrogens with zero attached hydrogens (tertiary/aromatic N) is 1. The van der Waals surface area contributed by atoms with Crippen molar-refractivity contribution in [1.82, 2.24) is 4.90 Å². The topological polar surface area (TPSA) is 51.2 Å². The van der Waals surface area contributed by atoms with Gasteiger partial charge in [-0.15, -0.1) is 0 Å². The molecule has 0 saturated carbocycles. The van der Waals surface area contributed by atoms with E-state index in [2.05, 4.69) is 4.90 Å². The third-order valence-corrected chi connectivity index (χ3v) is 5.17. The smallest absolute Gasteiger partial charge is 0.203 e. The fourth-order valence-electron chi connectivity index (χ4n) is 3.95. The van der Waals surface area contributed by atoms with Crippen molar-refractivity contribution in [2.45, 2.75) is 38.3 Å². The summed E-state index contributed by atoms with van der Waals surface area (Å²) in [6.07, 6.45) is 2.80. The molecule has 1 aromatic carbocycles. The van der Waals surface area contributed by atoms with Crippen LogP contribution in [0.3, 0.4) is 0 Å². The highest BCUT2D eigenvalue weighted by molar-refractivity contribution is 5.54. The Morgan fingerprint density at radius 2 is 1.74 bits per heavy atom. The first kappa shape index (κ1) is 16.4. The minimum atomic E-state index is -0.235. The van der Waals surface area contributed by atoms with Crippen LogP contribution < -0.4 is 14.2 Å². The van der Waals surface area contributed by atoms with E-state index in [-0.39, 0.29) is 12.1 Å². The lowest BCUT2D eigenvalue weighted by molar-refractivity contribution is -0.0715. The van der Waals surface area contributed by atoms with Gasteiger partial charge in [-0.2, -0.15) is 0 Å². The minimum absolute atomic E-state index is 0.190. The highest BCUT2D eigenvalue weighted by Gasteiger charge is 2.41. The van der Waals surface area contributed by atoms with Crippen molar-refractivity contribution in [1.29, 1.82) is 0 Å². The predicted octanol–water partition coefficient (Wildman–Crippen LogP) is 2.10. The largest absolute Gasteiger partial charge is 0.493 e. The molecular formula is C18H27NO4. The Morgan fingerprint density at radius 1 is 1.13 bits per heavy atom. The van der Waals surface area contributed by atoms with Gasteiger partial charge in [0.15, 0.2) is 11.5 Å². The van der Waals surface area contributed by atoms with Gasteiger partial charge in [0.25, 0.3) is 0 Å². The summed E-state index contributed by atoms with van der Waals surface area (Å²) in [6, 6.07) is 4.20. The first-order chi connectivity index (χ1) is 11.2. The molecule has 1 aromatic rings. The number of piperidine rings is 3. The van der Waals surface area contributed by atoms with Crippen molar-refractivity contribution in [3.63, 3.8) is 0 Å². The Bertz CT molecular complexity index is 513. The zero-order valence-electron chi connectivity index (χ0n) is 14.2. The van der Waals surface area contributed by atoms with Crippen LogP contribution in [0.25, 0.3) is 0 Å². The third kappa shape index (κ3) is 3.12. The van der Waals surface area contributed by atoms with Crippen molar-refractivity contribution in [2.24, 2.45) is 5.92 Å². The predicted molar refractivity (Wildman–Crippen MR) is 88.5 cm³/mol. The van der Waals surface area contributed by atoms with E-state index in [0.29, 0.717) is 29.8 Å². The van der Waals surface area contributed by atoms with E-state index in [4.69, 9.17) is 14.2 Å². The number of hydrogen-bond acceptors (Lipinski definition) is 5. The van der Waals surface area contributed by atoms with Gasteiger partial charge in [0, 0.05) is 6.04 Å². The van der Waals surface area contributed by atoms with Crippen LogP contribution in [-0.4, -0.2) is 56.1 Å². The molecule has 0 radical (unpaired) electrons. The maximum Gasteiger partial charge on any atom is 0.203 e. The molecule has 3 aliphatic heterocycles. The van der Waals surface area contributed by atoms with Gasteiger partial charge in [-0.1, -0.05) is 0 Å².